The molecule has 200 valence electrons. The fourth-order valence-corrected chi connectivity index (χ4v) is 4.97. The van der Waals surface area contributed by atoms with Crippen molar-refractivity contribution in [3.63, 3.8) is 0 Å². The first-order valence-corrected chi connectivity index (χ1v) is 14.1. The van der Waals surface area contributed by atoms with Crippen LogP contribution < -0.4 is 0 Å². The molecule has 0 bridgehead atoms. The SMILES string of the molecule is Cc1ccccc1C#N.ClCc1cccc2ccccc12.N#Cc1ccccc1CCc1cccc2ccccc12. The van der Waals surface area contributed by atoms with Gasteiger partial charge in [-0.15, -0.1) is 11.6 Å². The molecule has 0 aliphatic rings. The van der Waals surface area contributed by atoms with Crippen LogP contribution in [0.1, 0.15) is 33.4 Å². The molecule has 0 fully saturated rings. The molecule has 0 heterocycles. The van der Waals surface area contributed by atoms with Gasteiger partial charge in [-0.2, -0.15) is 10.5 Å². The number of halogens is 1. The number of aryl methyl sites for hydroxylation is 3. The summed E-state index contributed by atoms with van der Waals surface area (Å²) >= 11 is 5.81. The topological polar surface area (TPSA) is 47.6 Å². The van der Waals surface area contributed by atoms with Crippen LogP contribution in [0.5, 0.6) is 0 Å². The maximum Gasteiger partial charge on any atom is 0.0994 e. The summed E-state index contributed by atoms with van der Waals surface area (Å²) in [5.41, 5.74) is 6.26. The first kappa shape index (κ1) is 29.1. The average molecular weight is 551 g/mol. The summed E-state index contributed by atoms with van der Waals surface area (Å²) < 4.78 is 0. The number of alkyl halides is 1. The van der Waals surface area contributed by atoms with E-state index in [9.17, 15) is 0 Å². The number of nitrogens with zero attached hydrogens (tertiary/aromatic N) is 2. The zero-order valence-electron chi connectivity index (χ0n) is 23.1. The summed E-state index contributed by atoms with van der Waals surface area (Å²) in [5, 5.41) is 22.7. The lowest BCUT2D eigenvalue weighted by Crippen LogP contribution is -1.95. The first-order chi connectivity index (χ1) is 20.1. The molecule has 6 rings (SSSR count). The average Bonchev–Trinajstić information content (AvgIpc) is 3.04. The van der Waals surface area contributed by atoms with Crippen LogP contribution in [0.3, 0.4) is 0 Å². The predicted octanol–water partition coefficient (Wildman–Crippen LogP) is 9.94. The Labute approximate surface area is 247 Å². The molecule has 0 saturated heterocycles. The number of fused-ring (bicyclic) bond motifs is 2. The summed E-state index contributed by atoms with van der Waals surface area (Å²) in [4.78, 5) is 0. The second-order valence-electron chi connectivity index (χ2n) is 9.61. The second-order valence-corrected chi connectivity index (χ2v) is 9.87. The van der Waals surface area contributed by atoms with Crippen molar-refractivity contribution in [1.82, 2.24) is 0 Å². The van der Waals surface area contributed by atoms with Gasteiger partial charge in [0.25, 0.3) is 0 Å². The monoisotopic (exact) mass is 550 g/mol. The maximum atomic E-state index is 9.14. The molecular weight excluding hydrogens is 520 g/mol. The molecule has 0 aromatic heterocycles. The van der Waals surface area contributed by atoms with Gasteiger partial charge < -0.3 is 0 Å². The molecule has 0 atom stereocenters. The van der Waals surface area contributed by atoms with Gasteiger partial charge in [0.2, 0.25) is 0 Å². The molecule has 0 saturated carbocycles. The van der Waals surface area contributed by atoms with Gasteiger partial charge in [0.1, 0.15) is 0 Å². The number of rotatable bonds is 4. The van der Waals surface area contributed by atoms with Gasteiger partial charge in [-0.25, -0.2) is 0 Å². The predicted molar refractivity (Wildman–Crippen MR) is 172 cm³/mol. The minimum atomic E-state index is 0.585. The molecule has 3 heteroatoms. The highest BCUT2D eigenvalue weighted by Gasteiger charge is 2.04. The van der Waals surface area contributed by atoms with E-state index in [2.05, 4.69) is 78.9 Å². The van der Waals surface area contributed by atoms with Crippen LogP contribution in [0.25, 0.3) is 21.5 Å². The number of benzene rings is 6. The maximum absolute atomic E-state index is 9.14. The summed E-state index contributed by atoms with van der Waals surface area (Å²) in [6.07, 6.45) is 1.86. The lowest BCUT2D eigenvalue weighted by Gasteiger charge is -2.07. The Morgan fingerprint density at radius 1 is 0.488 bits per heavy atom. The fraction of sp³-hybridized carbons (Fsp3) is 0.105. The van der Waals surface area contributed by atoms with Gasteiger partial charge in [0.05, 0.1) is 23.3 Å². The summed E-state index contributed by atoms with van der Waals surface area (Å²) in [6.45, 7) is 1.93. The summed E-state index contributed by atoms with van der Waals surface area (Å²) in [7, 11) is 0. The van der Waals surface area contributed by atoms with Crippen molar-refractivity contribution in [2.45, 2.75) is 25.6 Å². The molecule has 0 aliphatic carbocycles. The number of hydrogen-bond donors (Lipinski definition) is 0. The van der Waals surface area contributed by atoms with E-state index in [1.807, 2.05) is 73.7 Å². The van der Waals surface area contributed by atoms with Gasteiger partial charge in [-0.05, 0) is 75.7 Å². The third kappa shape index (κ3) is 7.83. The van der Waals surface area contributed by atoms with E-state index in [0.717, 1.165) is 35.1 Å². The van der Waals surface area contributed by atoms with Gasteiger partial charge in [0.15, 0.2) is 0 Å². The lowest BCUT2D eigenvalue weighted by atomic mass is 9.97. The van der Waals surface area contributed by atoms with E-state index < -0.39 is 0 Å². The number of nitriles is 2. The molecule has 6 aromatic rings. The molecule has 0 N–H and O–H groups in total. The molecule has 6 aromatic carbocycles. The van der Waals surface area contributed by atoms with Crippen molar-refractivity contribution in [3.8, 4) is 12.1 Å². The first-order valence-electron chi connectivity index (χ1n) is 13.6. The van der Waals surface area contributed by atoms with Crippen LogP contribution in [-0.2, 0) is 18.7 Å². The van der Waals surface area contributed by atoms with E-state index in [-0.39, 0.29) is 0 Å². The molecule has 0 amide bonds. The van der Waals surface area contributed by atoms with Crippen molar-refractivity contribution in [2.75, 3.05) is 0 Å². The van der Waals surface area contributed by atoms with E-state index in [4.69, 9.17) is 22.1 Å². The molecular formula is C38H31ClN2. The van der Waals surface area contributed by atoms with Crippen LogP contribution in [0.2, 0.25) is 0 Å². The Morgan fingerprint density at radius 2 is 0.927 bits per heavy atom. The minimum absolute atomic E-state index is 0.585. The smallest absolute Gasteiger partial charge is 0.0994 e. The Morgan fingerprint density at radius 3 is 1.51 bits per heavy atom. The Bertz CT molecular complexity index is 1810. The standard InChI is InChI=1S/C19H15N.C11H9Cl.C8H7N/c20-14-18-8-2-1-6-15(18)12-13-17-10-5-9-16-7-3-4-11-19(16)17;12-8-10-6-3-5-9-4-1-2-7-11(9)10;1-7-4-2-3-5-8(7)6-9/h1-11H,12-13H2;1-7H,8H2;2-5H,1H3. The highest BCUT2D eigenvalue weighted by Crippen LogP contribution is 2.21. The molecule has 0 aliphatic heterocycles. The third-order valence-corrected chi connectivity index (χ3v) is 7.26. The van der Waals surface area contributed by atoms with Crippen LogP contribution in [-0.4, -0.2) is 0 Å². The van der Waals surface area contributed by atoms with Crippen LogP contribution in [0.4, 0.5) is 0 Å². The second kappa shape index (κ2) is 15.0. The van der Waals surface area contributed by atoms with E-state index >= 15 is 0 Å². The van der Waals surface area contributed by atoms with Crippen molar-refractivity contribution in [3.05, 3.63) is 167 Å². The quantitative estimate of drug-likeness (QED) is 0.205. The molecule has 0 radical (unpaired) electrons. The number of hydrogen-bond acceptors (Lipinski definition) is 2. The van der Waals surface area contributed by atoms with Gasteiger partial charge in [0, 0.05) is 5.88 Å². The lowest BCUT2D eigenvalue weighted by molar-refractivity contribution is 0.964. The largest absolute Gasteiger partial charge is 0.192 e. The zero-order valence-corrected chi connectivity index (χ0v) is 23.9. The third-order valence-electron chi connectivity index (χ3n) is 6.97. The van der Waals surface area contributed by atoms with Gasteiger partial charge in [-0.1, -0.05) is 121 Å². The summed E-state index contributed by atoms with van der Waals surface area (Å²) in [6, 6.07) is 49.1. The highest BCUT2D eigenvalue weighted by molar-refractivity contribution is 6.18. The van der Waals surface area contributed by atoms with Gasteiger partial charge in [-0.3, -0.25) is 0 Å². The van der Waals surface area contributed by atoms with Crippen LogP contribution >= 0.6 is 11.6 Å². The Kier molecular flexibility index (Phi) is 10.7. The Balaban J connectivity index is 0.000000156. The van der Waals surface area contributed by atoms with Crippen molar-refractivity contribution in [2.24, 2.45) is 0 Å². The van der Waals surface area contributed by atoms with E-state index in [1.165, 1.54) is 32.7 Å². The molecule has 0 unspecified atom stereocenters. The highest BCUT2D eigenvalue weighted by atomic mass is 35.5. The Hall–Kier alpha value is -4.89. The molecule has 2 nitrogen and oxygen atoms in total. The van der Waals surface area contributed by atoms with Crippen molar-refractivity contribution in [1.29, 1.82) is 10.5 Å². The fourth-order valence-electron chi connectivity index (χ4n) is 4.73. The van der Waals surface area contributed by atoms with Crippen molar-refractivity contribution >= 4 is 33.1 Å². The van der Waals surface area contributed by atoms with Crippen molar-refractivity contribution < 1.29 is 0 Å². The van der Waals surface area contributed by atoms with E-state index in [0.29, 0.717) is 5.88 Å². The van der Waals surface area contributed by atoms with Crippen LogP contribution in [0, 0.1) is 29.6 Å². The molecule has 0 spiro atoms. The zero-order chi connectivity index (χ0) is 28.9. The summed E-state index contributed by atoms with van der Waals surface area (Å²) in [5.74, 6) is 0.585. The normalized spacial score (nSPS) is 9.95. The van der Waals surface area contributed by atoms with Crippen LogP contribution in [0.15, 0.2) is 133 Å². The van der Waals surface area contributed by atoms with E-state index in [1.54, 1.807) is 0 Å². The van der Waals surface area contributed by atoms with Gasteiger partial charge >= 0.3 is 0 Å². The molecule has 41 heavy (non-hydrogen) atoms. The minimum Gasteiger partial charge on any atom is -0.192 e.